The summed E-state index contributed by atoms with van der Waals surface area (Å²) in [5.41, 5.74) is 3.48. The van der Waals surface area contributed by atoms with E-state index in [0.29, 0.717) is 22.2 Å². The Balaban J connectivity index is 1.72. The van der Waals surface area contributed by atoms with Gasteiger partial charge >= 0.3 is 0 Å². The topological polar surface area (TPSA) is 87.6 Å². The summed E-state index contributed by atoms with van der Waals surface area (Å²) >= 11 is 5.20. The lowest BCUT2D eigenvalue weighted by molar-refractivity contribution is 0.0376. The van der Waals surface area contributed by atoms with E-state index in [0.717, 1.165) is 45.8 Å². The second-order valence-electron chi connectivity index (χ2n) is 5.71. The standard InChI is InChI=1S/C17H26N4O4S/c1-23-14-10-13(11-15(24-2)16(14)22)12-19-20-17(26)18-4-3-5-21-6-8-25-9-7-21/h10-12,22H,3-9H2,1-2H3,(H2,18,20,26)/b19-12+. The average molecular weight is 382 g/mol. The maximum atomic E-state index is 9.89. The van der Waals surface area contributed by atoms with Crippen LogP contribution in [0.5, 0.6) is 17.2 Å². The van der Waals surface area contributed by atoms with Gasteiger partial charge in [-0.3, -0.25) is 10.3 Å². The van der Waals surface area contributed by atoms with E-state index >= 15 is 0 Å². The zero-order valence-corrected chi connectivity index (χ0v) is 16.0. The molecule has 1 fully saturated rings. The molecule has 0 spiro atoms. The second-order valence-corrected chi connectivity index (χ2v) is 6.12. The molecule has 0 atom stereocenters. The minimum atomic E-state index is -0.0439. The predicted molar refractivity (Wildman–Crippen MR) is 104 cm³/mol. The molecule has 1 aliphatic rings. The third kappa shape index (κ3) is 6.32. The van der Waals surface area contributed by atoms with E-state index in [2.05, 4.69) is 20.7 Å². The van der Waals surface area contributed by atoms with Crippen molar-refractivity contribution < 1.29 is 19.3 Å². The van der Waals surface area contributed by atoms with Crippen molar-refractivity contribution in [3.05, 3.63) is 17.7 Å². The van der Waals surface area contributed by atoms with E-state index in [1.807, 2.05) is 0 Å². The molecule has 8 nitrogen and oxygen atoms in total. The van der Waals surface area contributed by atoms with E-state index in [1.165, 1.54) is 14.2 Å². The monoisotopic (exact) mass is 382 g/mol. The number of hydrogen-bond donors (Lipinski definition) is 3. The number of benzene rings is 1. The van der Waals surface area contributed by atoms with Gasteiger partial charge in [-0.2, -0.15) is 5.10 Å². The van der Waals surface area contributed by atoms with Crippen LogP contribution < -0.4 is 20.2 Å². The van der Waals surface area contributed by atoms with E-state index in [9.17, 15) is 5.11 Å². The van der Waals surface area contributed by atoms with Gasteiger partial charge in [-0.15, -0.1) is 0 Å². The zero-order valence-electron chi connectivity index (χ0n) is 15.2. The molecule has 9 heteroatoms. The van der Waals surface area contributed by atoms with Crippen molar-refractivity contribution in [2.75, 3.05) is 53.6 Å². The fourth-order valence-electron chi connectivity index (χ4n) is 2.52. The van der Waals surface area contributed by atoms with Crippen LogP contribution in [0.15, 0.2) is 17.2 Å². The molecular weight excluding hydrogens is 356 g/mol. The maximum Gasteiger partial charge on any atom is 0.200 e. The molecule has 1 aromatic carbocycles. The van der Waals surface area contributed by atoms with Crippen LogP contribution in [0.3, 0.4) is 0 Å². The summed E-state index contributed by atoms with van der Waals surface area (Å²) in [7, 11) is 2.95. The van der Waals surface area contributed by atoms with E-state index in [1.54, 1.807) is 18.3 Å². The number of phenolic OH excluding ortho intramolecular Hbond substituents is 1. The molecular formula is C17H26N4O4S. The van der Waals surface area contributed by atoms with Crippen molar-refractivity contribution in [2.45, 2.75) is 6.42 Å². The van der Waals surface area contributed by atoms with Crippen molar-refractivity contribution in [3.63, 3.8) is 0 Å². The van der Waals surface area contributed by atoms with Gasteiger partial charge in [0.25, 0.3) is 0 Å². The first-order valence-electron chi connectivity index (χ1n) is 8.46. The Bertz CT molecular complexity index is 596. The lowest BCUT2D eigenvalue weighted by Crippen LogP contribution is -2.39. The van der Waals surface area contributed by atoms with Gasteiger partial charge in [0.1, 0.15) is 0 Å². The summed E-state index contributed by atoms with van der Waals surface area (Å²) in [6.45, 7) is 5.41. The average Bonchev–Trinajstić information content (AvgIpc) is 2.67. The highest BCUT2D eigenvalue weighted by Gasteiger charge is 2.10. The number of nitrogens with zero attached hydrogens (tertiary/aromatic N) is 2. The smallest absolute Gasteiger partial charge is 0.200 e. The van der Waals surface area contributed by atoms with Gasteiger partial charge < -0.3 is 24.6 Å². The van der Waals surface area contributed by atoms with Crippen LogP contribution in [0, 0.1) is 0 Å². The maximum absolute atomic E-state index is 9.89. The molecule has 26 heavy (non-hydrogen) atoms. The van der Waals surface area contributed by atoms with E-state index in [-0.39, 0.29) is 5.75 Å². The summed E-state index contributed by atoms with van der Waals surface area (Å²) in [6, 6.07) is 3.31. The van der Waals surface area contributed by atoms with Crippen LogP contribution in [0.4, 0.5) is 0 Å². The summed E-state index contributed by atoms with van der Waals surface area (Å²) < 4.78 is 15.5. The van der Waals surface area contributed by atoms with Crippen molar-refractivity contribution >= 4 is 23.5 Å². The fourth-order valence-corrected chi connectivity index (χ4v) is 2.68. The molecule has 3 N–H and O–H groups in total. The van der Waals surface area contributed by atoms with Crippen molar-refractivity contribution in [1.29, 1.82) is 0 Å². The lowest BCUT2D eigenvalue weighted by atomic mass is 10.2. The zero-order chi connectivity index (χ0) is 18.8. The normalized spacial score (nSPS) is 15.0. The first-order valence-corrected chi connectivity index (χ1v) is 8.87. The van der Waals surface area contributed by atoms with Gasteiger partial charge in [0, 0.05) is 25.2 Å². The molecule has 0 radical (unpaired) electrons. The lowest BCUT2D eigenvalue weighted by Gasteiger charge is -2.26. The van der Waals surface area contributed by atoms with Crippen LogP contribution in [0.2, 0.25) is 0 Å². The number of rotatable bonds is 8. The number of ether oxygens (including phenoxy) is 3. The molecule has 1 heterocycles. The van der Waals surface area contributed by atoms with Gasteiger partial charge in [-0.1, -0.05) is 0 Å². The Labute approximate surface area is 159 Å². The van der Waals surface area contributed by atoms with Crippen LogP contribution in [-0.2, 0) is 4.74 Å². The Kier molecular flexibility index (Phi) is 8.39. The molecule has 0 unspecified atom stereocenters. The Morgan fingerprint density at radius 1 is 1.31 bits per heavy atom. The number of hydrazone groups is 1. The number of aromatic hydroxyl groups is 1. The van der Waals surface area contributed by atoms with Gasteiger partial charge in [0.15, 0.2) is 16.6 Å². The second kappa shape index (κ2) is 10.8. The van der Waals surface area contributed by atoms with Crippen LogP contribution in [-0.4, -0.2) is 74.9 Å². The van der Waals surface area contributed by atoms with Crippen LogP contribution >= 0.6 is 12.2 Å². The third-order valence-corrected chi connectivity index (χ3v) is 4.16. The minimum absolute atomic E-state index is 0.0439. The number of hydrogen-bond acceptors (Lipinski definition) is 7. The van der Waals surface area contributed by atoms with Gasteiger partial charge in [-0.05, 0) is 37.3 Å². The largest absolute Gasteiger partial charge is 0.502 e. The fraction of sp³-hybridized carbons (Fsp3) is 0.529. The molecule has 0 aromatic heterocycles. The Morgan fingerprint density at radius 3 is 2.58 bits per heavy atom. The highest BCUT2D eigenvalue weighted by atomic mass is 32.1. The molecule has 2 rings (SSSR count). The quantitative estimate of drug-likeness (QED) is 0.265. The first-order chi connectivity index (χ1) is 12.6. The molecule has 0 amide bonds. The van der Waals surface area contributed by atoms with Crippen molar-refractivity contribution in [1.82, 2.24) is 15.6 Å². The van der Waals surface area contributed by atoms with Crippen molar-refractivity contribution in [2.24, 2.45) is 5.10 Å². The number of thiocarbonyl (C=S) groups is 1. The summed E-state index contributed by atoms with van der Waals surface area (Å²) in [5.74, 6) is 0.585. The summed E-state index contributed by atoms with van der Waals surface area (Å²) in [4.78, 5) is 2.38. The van der Waals surface area contributed by atoms with E-state index in [4.69, 9.17) is 26.4 Å². The summed E-state index contributed by atoms with van der Waals surface area (Å²) in [6.07, 6.45) is 2.57. The molecule has 0 bridgehead atoms. The van der Waals surface area contributed by atoms with Crippen LogP contribution in [0.25, 0.3) is 0 Å². The molecule has 0 aliphatic carbocycles. The number of nitrogens with one attached hydrogen (secondary N) is 2. The molecule has 1 aliphatic heterocycles. The molecule has 1 saturated heterocycles. The Morgan fingerprint density at radius 2 is 1.96 bits per heavy atom. The SMILES string of the molecule is COc1cc(/C=N/NC(=S)NCCCN2CCOCC2)cc(OC)c1O. The van der Waals surface area contributed by atoms with Gasteiger partial charge in [-0.25, -0.2) is 0 Å². The van der Waals surface area contributed by atoms with Crippen molar-refractivity contribution in [3.8, 4) is 17.2 Å². The number of methoxy groups -OCH3 is 2. The highest BCUT2D eigenvalue weighted by Crippen LogP contribution is 2.36. The van der Waals surface area contributed by atoms with E-state index < -0.39 is 0 Å². The number of morpholine rings is 1. The summed E-state index contributed by atoms with van der Waals surface area (Å²) in [5, 5.41) is 17.6. The Hall–Kier alpha value is -2.10. The first kappa shape index (κ1) is 20.2. The molecule has 0 saturated carbocycles. The van der Waals surface area contributed by atoms with Gasteiger partial charge in [0.2, 0.25) is 5.75 Å². The number of phenols is 1. The molecule has 144 valence electrons. The third-order valence-electron chi connectivity index (χ3n) is 3.92. The van der Waals surface area contributed by atoms with Gasteiger partial charge in [0.05, 0.1) is 33.6 Å². The predicted octanol–water partition coefficient (Wildman–Crippen LogP) is 0.930. The molecule has 1 aromatic rings. The van der Waals surface area contributed by atoms with Crippen LogP contribution in [0.1, 0.15) is 12.0 Å². The highest BCUT2D eigenvalue weighted by molar-refractivity contribution is 7.80. The minimum Gasteiger partial charge on any atom is -0.502 e.